The summed E-state index contributed by atoms with van der Waals surface area (Å²) < 4.78 is 11.1. The van der Waals surface area contributed by atoms with Crippen molar-refractivity contribution in [3.05, 3.63) is 53.6 Å². The molecule has 6 heteroatoms. The van der Waals surface area contributed by atoms with E-state index in [-0.39, 0.29) is 11.8 Å². The number of amides is 2. The van der Waals surface area contributed by atoms with Crippen molar-refractivity contribution in [2.75, 3.05) is 25.1 Å². The molecule has 0 saturated carbocycles. The number of carbonyl (C=O) groups excluding carboxylic acids is 2. The molecular weight excluding hydrogens is 332 g/mol. The summed E-state index contributed by atoms with van der Waals surface area (Å²) in [5.74, 6) is 1.21. The van der Waals surface area contributed by atoms with Crippen LogP contribution < -0.4 is 20.1 Å². The first-order valence-electron chi connectivity index (χ1n) is 8.72. The van der Waals surface area contributed by atoms with Gasteiger partial charge in [-0.1, -0.05) is 12.1 Å². The number of aryl methyl sites for hydroxylation is 1. The monoisotopic (exact) mass is 354 g/mol. The van der Waals surface area contributed by atoms with E-state index in [1.54, 1.807) is 24.3 Å². The Morgan fingerprint density at radius 3 is 2.65 bits per heavy atom. The maximum absolute atomic E-state index is 12.2. The van der Waals surface area contributed by atoms with Crippen molar-refractivity contribution in [1.82, 2.24) is 5.32 Å². The number of carbonyl (C=O) groups is 2. The third-order valence-corrected chi connectivity index (χ3v) is 3.99. The molecule has 1 aliphatic rings. The van der Waals surface area contributed by atoms with Crippen LogP contribution in [-0.4, -0.2) is 31.6 Å². The van der Waals surface area contributed by atoms with Crippen LogP contribution in [0, 0.1) is 0 Å². The van der Waals surface area contributed by atoms with Crippen LogP contribution >= 0.6 is 0 Å². The van der Waals surface area contributed by atoms with Crippen LogP contribution in [0.4, 0.5) is 5.69 Å². The predicted molar refractivity (Wildman–Crippen MR) is 98.8 cm³/mol. The van der Waals surface area contributed by atoms with Gasteiger partial charge in [-0.05, 0) is 49.2 Å². The second kappa shape index (κ2) is 8.38. The summed E-state index contributed by atoms with van der Waals surface area (Å²) in [4.78, 5) is 24.1. The first-order chi connectivity index (χ1) is 12.7. The van der Waals surface area contributed by atoms with Gasteiger partial charge in [0.25, 0.3) is 5.91 Å². The normalized spacial score (nSPS) is 12.3. The number of hydrogen-bond donors (Lipinski definition) is 2. The Kier molecular flexibility index (Phi) is 5.73. The summed E-state index contributed by atoms with van der Waals surface area (Å²) in [5, 5.41) is 5.58. The van der Waals surface area contributed by atoms with Gasteiger partial charge in [0.05, 0.1) is 0 Å². The van der Waals surface area contributed by atoms with Gasteiger partial charge < -0.3 is 20.1 Å². The van der Waals surface area contributed by atoms with Crippen molar-refractivity contribution >= 4 is 17.5 Å². The molecule has 26 heavy (non-hydrogen) atoms. The summed E-state index contributed by atoms with van der Waals surface area (Å²) in [6.07, 6.45) is 0.934. The fraction of sp³-hybridized carbons (Fsp3) is 0.300. The summed E-state index contributed by atoms with van der Waals surface area (Å²) in [5.41, 5.74) is 2.15. The Balaban J connectivity index is 1.56. The molecule has 6 nitrogen and oxygen atoms in total. The lowest BCUT2D eigenvalue weighted by Crippen LogP contribution is -2.22. The van der Waals surface area contributed by atoms with E-state index >= 15 is 0 Å². The van der Waals surface area contributed by atoms with E-state index in [4.69, 9.17) is 9.47 Å². The van der Waals surface area contributed by atoms with E-state index in [1.165, 1.54) is 0 Å². The number of nitrogens with one attached hydrogen (secondary N) is 2. The van der Waals surface area contributed by atoms with Crippen LogP contribution in [0.25, 0.3) is 0 Å². The lowest BCUT2D eigenvalue weighted by molar-refractivity contribution is -0.116. The summed E-state index contributed by atoms with van der Waals surface area (Å²) in [6, 6.07) is 12.6. The second-order valence-corrected chi connectivity index (χ2v) is 5.97. The molecule has 2 aromatic rings. The van der Waals surface area contributed by atoms with Gasteiger partial charge in [0.15, 0.2) is 11.5 Å². The maximum Gasteiger partial charge on any atom is 0.251 e. The van der Waals surface area contributed by atoms with Crippen LogP contribution in [0.15, 0.2) is 42.5 Å². The van der Waals surface area contributed by atoms with Gasteiger partial charge in [-0.3, -0.25) is 9.59 Å². The molecule has 0 aromatic heterocycles. The number of anilines is 1. The molecule has 0 radical (unpaired) electrons. The van der Waals surface area contributed by atoms with E-state index in [0.29, 0.717) is 43.9 Å². The van der Waals surface area contributed by atoms with E-state index < -0.39 is 0 Å². The highest BCUT2D eigenvalue weighted by Crippen LogP contribution is 2.31. The Morgan fingerprint density at radius 2 is 1.85 bits per heavy atom. The van der Waals surface area contributed by atoms with E-state index in [9.17, 15) is 9.59 Å². The minimum atomic E-state index is -0.153. The third-order valence-electron chi connectivity index (χ3n) is 3.99. The smallest absolute Gasteiger partial charge is 0.251 e. The first kappa shape index (κ1) is 17.8. The van der Waals surface area contributed by atoms with Gasteiger partial charge in [-0.2, -0.15) is 0 Å². The van der Waals surface area contributed by atoms with Crippen molar-refractivity contribution in [2.45, 2.75) is 19.8 Å². The van der Waals surface area contributed by atoms with E-state index in [0.717, 1.165) is 17.1 Å². The van der Waals surface area contributed by atoms with Gasteiger partial charge in [0, 0.05) is 24.2 Å². The van der Waals surface area contributed by atoms with Gasteiger partial charge in [-0.25, -0.2) is 0 Å². The molecule has 0 fully saturated rings. The molecule has 0 unspecified atom stereocenters. The highest BCUT2D eigenvalue weighted by Gasteiger charge is 2.12. The van der Waals surface area contributed by atoms with Gasteiger partial charge in [-0.15, -0.1) is 0 Å². The van der Waals surface area contributed by atoms with Crippen molar-refractivity contribution < 1.29 is 19.1 Å². The molecule has 2 amide bonds. The molecule has 3 rings (SSSR count). The number of fused-ring (bicyclic) bond motifs is 1. The minimum absolute atomic E-state index is 0.104. The van der Waals surface area contributed by atoms with Crippen molar-refractivity contribution in [3.63, 3.8) is 0 Å². The largest absolute Gasteiger partial charge is 0.486 e. The number of hydrogen-bond acceptors (Lipinski definition) is 4. The number of ether oxygens (including phenoxy) is 2. The van der Waals surface area contributed by atoms with Gasteiger partial charge >= 0.3 is 0 Å². The Morgan fingerprint density at radius 1 is 1.04 bits per heavy atom. The van der Waals surface area contributed by atoms with Crippen LogP contribution in [0.3, 0.4) is 0 Å². The summed E-state index contributed by atoms with van der Waals surface area (Å²) in [7, 11) is 0. The van der Waals surface area contributed by atoms with Crippen LogP contribution in [0.1, 0.15) is 29.3 Å². The van der Waals surface area contributed by atoms with Crippen molar-refractivity contribution in [2.24, 2.45) is 0 Å². The highest BCUT2D eigenvalue weighted by molar-refractivity contribution is 5.97. The highest BCUT2D eigenvalue weighted by atomic mass is 16.6. The molecule has 2 aromatic carbocycles. The average molecular weight is 354 g/mol. The average Bonchev–Trinajstić information content (AvgIpc) is 2.66. The Hall–Kier alpha value is -3.02. The standard InChI is InChI=1S/C20H22N2O4/c1-2-21-20(24)15-4-3-5-16(13-15)22-19(23)9-7-14-6-8-17-18(12-14)26-11-10-25-17/h3-6,8,12-13H,2,7,9-11H2,1H3,(H,21,24)(H,22,23). The topological polar surface area (TPSA) is 76.7 Å². The Labute approximate surface area is 152 Å². The lowest BCUT2D eigenvalue weighted by atomic mass is 10.1. The number of benzene rings is 2. The fourth-order valence-electron chi connectivity index (χ4n) is 2.73. The third kappa shape index (κ3) is 4.53. The molecule has 0 bridgehead atoms. The Bertz CT molecular complexity index is 804. The van der Waals surface area contributed by atoms with Crippen molar-refractivity contribution in [3.8, 4) is 11.5 Å². The van der Waals surface area contributed by atoms with E-state index in [1.807, 2.05) is 25.1 Å². The summed E-state index contributed by atoms with van der Waals surface area (Å²) >= 11 is 0. The van der Waals surface area contributed by atoms with Crippen LogP contribution in [0.2, 0.25) is 0 Å². The van der Waals surface area contributed by atoms with Crippen LogP contribution in [-0.2, 0) is 11.2 Å². The first-order valence-corrected chi connectivity index (χ1v) is 8.72. The van der Waals surface area contributed by atoms with Crippen LogP contribution in [0.5, 0.6) is 11.5 Å². The zero-order chi connectivity index (χ0) is 18.4. The molecule has 1 aliphatic heterocycles. The second-order valence-electron chi connectivity index (χ2n) is 5.97. The number of rotatable bonds is 6. The molecule has 0 atom stereocenters. The zero-order valence-corrected chi connectivity index (χ0v) is 14.7. The molecule has 2 N–H and O–H groups in total. The van der Waals surface area contributed by atoms with Gasteiger partial charge in [0.2, 0.25) is 5.91 Å². The quantitative estimate of drug-likeness (QED) is 0.836. The zero-order valence-electron chi connectivity index (χ0n) is 14.7. The summed E-state index contributed by atoms with van der Waals surface area (Å²) in [6.45, 7) is 3.52. The van der Waals surface area contributed by atoms with Gasteiger partial charge in [0.1, 0.15) is 13.2 Å². The molecule has 0 saturated heterocycles. The molecule has 1 heterocycles. The molecule has 136 valence electrons. The fourth-order valence-corrected chi connectivity index (χ4v) is 2.73. The SMILES string of the molecule is CCNC(=O)c1cccc(NC(=O)CCc2ccc3c(c2)OCCO3)c1. The molecular formula is C20H22N2O4. The molecule has 0 aliphatic carbocycles. The minimum Gasteiger partial charge on any atom is -0.486 e. The predicted octanol–water partition coefficient (Wildman–Crippen LogP) is 2.78. The lowest BCUT2D eigenvalue weighted by Gasteiger charge is -2.18. The molecule has 0 spiro atoms. The van der Waals surface area contributed by atoms with Crippen molar-refractivity contribution in [1.29, 1.82) is 0 Å². The van der Waals surface area contributed by atoms with E-state index in [2.05, 4.69) is 10.6 Å². The maximum atomic E-state index is 12.2.